The molecule has 0 bridgehead atoms. The first-order chi connectivity index (χ1) is 12.1. The zero-order valence-corrected chi connectivity index (χ0v) is 12.9. The van der Waals surface area contributed by atoms with Crippen LogP contribution in [0.4, 0.5) is 8.78 Å². The van der Waals surface area contributed by atoms with Crippen molar-refractivity contribution < 1.29 is 22.8 Å². The lowest BCUT2D eigenvalue weighted by Crippen LogP contribution is -2.23. The van der Waals surface area contributed by atoms with Crippen LogP contribution in [-0.4, -0.2) is 16.0 Å². The summed E-state index contributed by atoms with van der Waals surface area (Å²) >= 11 is 0. The molecule has 1 amide bonds. The number of aromatic nitrogens is 2. The molecular formula is C17H13F2N3O3. The van der Waals surface area contributed by atoms with Gasteiger partial charge in [0.15, 0.2) is 24.1 Å². The molecule has 0 fully saturated rings. The summed E-state index contributed by atoms with van der Waals surface area (Å²) in [6.45, 7) is 0.0702. The van der Waals surface area contributed by atoms with E-state index in [4.69, 9.17) is 9.26 Å². The summed E-state index contributed by atoms with van der Waals surface area (Å²) in [6.07, 6.45) is 0. The van der Waals surface area contributed by atoms with Crippen molar-refractivity contribution in [3.05, 3.63) is 77.4 Å². The van der Waals surface area contributed by atoms with Crippen LogP contribution >= 0.6 is 0 Å². The van der Waals surface area contributed by atoms with Gasteiger partial charge < -0.3 is 14.6 Å². The first kappa shape index (κ1) is 16.6. The van der Waals surface area contributed by atoms with Gasteiger partial charge in [-0.2, -0.15) is 4.98 Å². The van der Waals surface area contributed by atoms with Gasteiger partial charge in [0, 0.05) is 5.56 Å². The normalized spacial score (nSPS) is 10.5. The van der Waals surface area contributed by atoms with Gasteiger partial charge in [-0.05, 0) is 30.3 Å². The third-order valence-electron chi connectivity index (χ3n) is 3.20. The van der Waals surface area contributed by atoms with Crippen LogP contribution in [0.3, 0.4) is 0 Å². The van der Waals surface area contributed by atoms with Crippen LogP contribution in [0.2, 0.25) is 0 Å². The minimum Gasteiger partial charge on any atom is -0.484 e. The van der Waals surface area contributed by atoms with Gasteiger partial charge in [-0.25, -0.2) is 8.78 Å². The molecule has 128 valence electrons. The molecule has 2 aromatic carbocycles. The summed E-state index contributed by atoms with van der Waals surface area (Å²) in [5.74, 6) is -1.53. The lowest BCUT2D eigenvalue weighted by Gasteiger charge is -2.03. The predicted octanol–water partition coefficient (Wildman–Crippen LogP) is 2.86. The van der Waals surface area contributed by atoms with Gasteiger partial charge in [0.05, 0.1) is 6.54 Å². The minimum atomic E-state index is -1.09. The monoisotopic (exact) mass is 345 g/mol. The number of nitrogens with zero attached hydrogens (tertiary/aromatic N) is 2. The highest BCUT2D eigenvalue weighted by atomic mass is 19.2. The first-order valence-corrected chi connectivity index (χ1v) is 7.34. The van der Waals surface area contributed by atoms with Crippen LogP contribution in [0, 0.1) is 11.6 Å². The molecule has 0 aliphatic rings. The molecular weight excluding hydrogens is 332 g/mol. The Morgan fingerprint density at radius 1 is 1.12 bits per heavy atom. The number of nitrogens with one attached hydrogen (secondary N) is 1. The van der Waals surface area contributed by atoms with Gasteiger partial charge in [0.25, 0.3) is 11.8 Å². The van der Waals surface area contributed by atoms with E-state index in [0.29, 0.717) is 5.75 Å². The zero-order chi connectivity index (χ0) is 17.6. The largest absolute Gasteiger partial charge is 0.484 e. The van der Waals surface area contributed by atoms with Gasteiger partial charge >= 0.3 is 0 Å². The number of halogens is 2. The Balaban J connectivity index is 1.52. The Bertz CT molecular complexity index is 869. The summed E-state index contributed by atoms with van der Waals surface area (Å²) in [5.41, 5.74) is -0.00460. The third kappa shape index (κ3) is 4.37. The number of hydrogen-bond acceptors (Lipinski definition) is 5. The van der Waals surface area contributed by atoms with Gasteiger partial charge in [0.2, 0.25) is 0 Å². The summed E-state index contributed by atoms with van der Waals surface area (Å²) in [5, 5.41) is 6.21. The number of carbonyl (C=O) groups is 1. The quantitative estimate of drug-likeness (QED) is 0.743. The molecule has 0 unspecified atom stereocenters. The molecule has 0 spiro atoms. The molecule has 3 aromatic rings. The van der Waals surface area contributed by atoms with E-state index in [1.807, 2.05) is 18.2 Å². The maximum atomic E-state index is 13.1. The second-order valence-electron chi connectivity index (χ2n) is 5.02. The summed E-state index contributed by atoms with van der Waals surface area (Å²) in [7, 11) is 0. The topological polar surface area (TPSA) is 77.2 Å². The van der Waals surface area contributed by atoms with Crippen molar-refractivity contribution in [1.29, 1.82) is 0 Å². The van der Waals surface area contributed by atoms with Crippen LogP contribution in [0.15, 0.2) is 53.1 Å². The molecule has 1 heterocycles. The summed E-state index contributed by atoms with van der Waals surface area (Å²) in [6, 6.07) is 12.0. The maximum absolute atomic E-state index is 13.1. The van der Waals surface area contributed by atoms with Crippen LogP contribution in [-0.2, 0) is 13.2 Å². The molecule has 0 aliphatic heterocycles. The Kier molecular flexibility index (Phi) is 4.98. The first-order valence-electron chi connectivity index (χ1n) is 7.34. The fourth-order valence-corrected chi connectivity index (χ4v) is 1.98. The van der Waals surface area contributed by atoms with Gasteiger partial charge in [-0.3, -0.25) is 4.79 Å². The van der Waals surface area contributed by atoms with Crippen molar-refractivity contribution in [3.63, 3.8) is 0 Å². The highest BCUT2D eigenvalue weighted by molar-refractivity contribution is 5.94. The van der Waals surface area contributed by atoms with E-state index in [2.05, 4.69) is 15.5 Å². The third-order valence-corrected chi connectivity index (χ3v) is 3.20. The van der Waals surface area contributed by atoms with E-state index in [9.17, 15) is 13.6 Å². The average Bonchev–Trinajstić information content (AvgIpc) is 3.09. The Hall–Kier alpha value is -3.29. The second-order valence-corrected chi connectivity index (χ2v) is 5.02. The Morgan fingerprint density at radius 2 is 1.92 bits per heavy atom. The predicted molar refractivity (Wildman–Crippen MR) is 82.6 cm³/mol. The molecule has 8 heteroatoms. The summed E-state index contributed by atoms with van der Waals surface area (Å²) in [4.78, 5) is 16.0. The van der Waals surface area contributed by atoms with Crippen LogP contribution in [0.25, 0.3) is 0 Å². The van der Waals surface area contributed by atoms with E-state index in [-0.39, 0.29) is 30.4 Å². The average molecular weight is 345 g/mol. The fourth-order valence-electron chi connectivity index (χ4n) is 1.98. The van der Waals surface area contributed by atoms with Gasteiger partial charge in [-0.1, -0.05) is 23.4 Å². The molecule has 0 saturated carbocycles. The van der Waals surface area contributed by atoms with Crippen molar-refractivity contribution in [2.75, 3.05) is 0 Å². The molecule has 25 heavy (non-hydrogen) atoms. The number of ether oxygens (including phenoxy) is 1. The molecule has 1 N–H and O–H groups in total. The SMILES string of the molecule is O=C(NCc1noc(COc2ccccc2)n1)c1ccc(F)c(F)c1. The van der Waals surface area contributed by atoms with Crippen molar-refractivity contribution >= 4 is 5.91 Å². The lowest BCUT2D eigenvalue weighted by atomic mass is 10.2. The van der Waals surface area contributed by atoms with Crippen LogP contribution in [0.5, 0.6) is 5.75 Å². The highest BCUT2D eigenvalue weighted by Gasteiger charge is 2.12. The Morgan fingerprint density at radius 3 is 2.68 bits per heavy atom. The molecule has 0 radical (unpaired) electrons. The number of amides is 1. The summed E-state index contributed by atoms with van der Waals surface area (Å²) < 4.78 is 36.5. The van der Waals surface area contributed by atoms with Crippen LogP contribution in [0.1, 0.15) is 22.1 Å². The second kappa shape index (κ2) is 7.52. The highest BCUT2D eigenvalue weighted by Crippen LogP contribution is 2.11. The van der Waals surface area contributed by atoms with Gasteiger partial charge in [-0.15, -0.1) is 0 Å². The molecule has 6 nitrogen and oxygen atoms in total. The molecule has 3 rings (SSSR count). The van der Waals surface area contributed by atoms with Crippen molar-refractivity contribution in [1.82, 2.24) is 15.5 Å². The van der Waals surface area contributed by atoms with E-state index < -0.39 is 17.5 Å². The van der Waals surface area contributed by atoms with E-state index in [0.717, 1.165) is 12.1 Å². The fraction of sp³-hybridized carbons (Fsp3) is 0.118. The molecule has 0 atom stereocenters. The van der Waals surface area contributed by atoms with Crippen molar-refractivity contribution in [3.8, 4) is 5.75 Å². The van der Waals surface area contributed by atoms with E-state index in [1.165, 1.54) is 6.07 Å². The van der Waals surface area contributed by atoms with Crippen molar-refractivity contribution in [2.24, 2.45) is 0 Å². The standard InChI is InChI=1S/C17H13F2N3O3/c18-13-7-6-11(8-14(13)19)17(23)20-9-15-21-16(25-22-15)10-24-12-4-2-1-3-5-12/h1-8H,9-10H2,(H,20,23). The number of hydrogen-bond donors (Lipinski definition) is 1. The van der Waals surface area contributed by atoms with E-state index in [1.54, 1.807) is 12.1 Å². The molecule has 0 aliphatic carbocycles. The smallest absolute Gasteiger partial charge is 0.264 e. The number of rotatable bonds is 6. The Labute approximate surface area is 141 Å². The number of para-hydroxylation sites is 1. The lowest BCUT2D eigenvalue weighted by molar-refractivity contribution is 0.0949. The molecule has 1 aromatic heterocycles. The maximum Gasteiger partial charge on any atom is 0.264 e. The zero-order valence-electron chi connectivity index (χ0n) is 12.9. The molecule has 0 saturated heterocycles. The van der Waals surface area contributed by atoms with Crippen LogP contribution < -0.4 is 10.1 Å². The van der Waals surface area contributed by atoms with E-state index >= 15 is 0 Å². The van der Waals surface area contributed by atoms with Crippen molar-refractivity contribution in [2.45, 2.75) is 13.2 Å². The number of benzene rings is 2. The van der Waals surface area contributed by atoms with Gasteiger partial charge in [0.1, 0.15) is 5.75 Å². The number of carbonyl (C=O) groups excluding carboxylic acids is 1. The minimum absolute atomic E-state index is 0.00460.